The monoisotopic (exact) mass is 268 g/mol. The molecular weight excluding hydrogens is 248 g/mol. The number of hydrogen-bond donors (Lipinski definition) is 2. The molecule has 2 aromatic rings. The van der Waals surface area contributed by atoms with Crippen molar-refractivity contribution in [3.05, 3.63) is 48.0 Å². The van der Waals surface area contributed by atoms with E-state index in [0.717, 1.165) is 19.4 Å². The fourth-order valence-corrected chi connectivity index (χ4v) is 2.83. The molecule has 104 valence electrons. The first-order valence-electron chi connectivity index (χ1n) is 7.32. The second kappa shape index (κ2) is 6.06. The zero-order valence-corrected chi connectivity index (χ0v) is 11.6. The summed E-state index contributed by atoms with van der Waals surface area (Å²) in [5.41, 5.74) is 1.17. The molecule has 0 saturated carbocycles. The number of carbonyl (C=O) groups excluding carboxylic acids is 1. The first-order valence-corrected chi connectivity index (χ1v) is 7.32. The first kappa shape index (κ1) is 13.1. The Morgan fingerprint density at radius 2 is 2.00 bits per heavy atom. The average molecular weight is 268 g/mol. The Morgan fingerprint density at radius 1 is 1.15 bits per heavy atom. The number of benzene rings is 2. The van der Waals surface area contributed by atoms with Crippen LogP contribution in [0.1, 0.15) is 24.8 Å². The number of hydrogen-bond acceptors (Lipinski definition) is 2. The molecule has 3 rings (SSSR count). The summed E-state index contributed by atoms with van der Waals surface area (Å²) >= 11 is 0. The lowest BCUT2D eigenvalue weighted by molar-refractivity contribution is -0.123. The van der Waals surface area contributed by atoms with E-state index >= 15 is 0 Å². The Hall–Kier alpha value is -1.87. The summed E-state index contributed by atoms with van der Waals surface area (Å²) in [6.45, 7) is 1.55. The van der Waals surface area contributed by atoms with Crippen LogP contribution in [0.5, 0.6) is 0 Å². The first-order chi connectivity index (χ1) is 9.84. The highest BCUT2D eigenvalue weighted by Gasteiger charge is 2.19. The Balaban J connectivity index is 1.69. The van der Waals surface area contributed by atoms with E-state index < -0.39 is 0 Å². The third kappa shape index (κ3) is 2.83. The third-order valence-electron chi connectivity index (χ3n) is 3.96. The summed E-state index contributed by atoms with van der Waals surface area (Å²) in [6.07, 6.45) is 3.26. The van der Waals surface area contributed by atoms with Gasteiger partial charge in [0, 0.05) is 6.54 Å². The average Bonchev–Trinajstić information content (AvgIpc) is 2.53. The Kier molecular flexibility index (Phi) is 3.97. The molecule has 20 heavy (non-hydrogen) atoms. The van der Waals surface area contributed by atoms with E-state index in [-0.39, 0.29) is 11.9 Å². The van der Waals surface area contributed by atoms with E-state index in [1.54, 1.807) is 0 Å². The van der Waals surface area contributed by atoms with E-state index in [1.165, 1.54) is 22.8 Å². The van der Waals surface area contributed by atoms with Crippen LogP contribution in [-0.2, 0) is 11.3 Å². The Morgan fingerprint density at radius 3 is 2.85 bits per heavy atom. The molecule has 1 unspecified atom stereocenters. The van der Waals surface area contributed by atoms with Crippen LogP contribution >= 0.6 is 0 Å². The molecule has 1 aliphatic rings. The van der Waals surface area contributed by atoms with E-state index in [1.807, 2.05) is 18.2 Å². The number of amides is 1. The lowest BCUT2D eigenvalue weighted by Gasteiger charge is -2.22. The normalized spacial score (nSPS) is 18.9. The molecule has 0 aromatic heterocycles. The minimum absolute atomic E-state index is 0.0151. The number of carbonyl (C=O) groups is 1. The number of fused-ring (bicyclic) bond motifs is 1. The number of piperidine rings is 1. The lowest BCUT2D eigenvalue weighted by Crippen LogP contribution is -2.46. The molecule has 0 aliphatic carbocycles. The van der Waals surface area contributed by atoms with Gasteiger partial charge in [-0.2, -0.15) is 0 Å². The molecule has 1 saturated heterocycles. The molecule has 1 aliphatic heterocycles. The van der Waals surface area contributed by atoms with Crippen molar-refractivity contribution in [1.82, 2.24) is 10.6 Å². The van der Waals surface area contributed by atoms with Crippen LogP contribution in [0.25, 0.3) is 10.8 Å². The SMILES string of the molecule is O=C(NCc1cccc2ccccc12)C1CCCCN1. The van der Waals surface area contributed by atoms with Crippen molar-refractivity contribution in [3.8, 4) is 0 Å². The van der Waals surface area contributed by atoms with Gasteiger partial charge in [-0.1, -0.05) is 48.9 Å². The predicted molar refractivity (Wildman–Crippen MR) is 81.4 cm³/mol. The van der Waals surface area contributed by atoms with Gasteiger partial charge in [-0.25, -0.2) is 0 Å². The lowest BCUT2D eigenvalue weighted by atomic mass is 10.0. The van der Waals surface area contributed by atoms with Gasteiger partial charge >= 0.3 is 0 Å². The minimum Gasteiger partial charge on any atom is -0.351 e. The van der Waals surface area contributed by atoms with E-state index in [0.29, 0.717) is 6.54 Å². The van der Waals surface area contributed by atoms with Crippen LogP contribution in [0, 0.1) is 0 Å². The summed E-state index contributed by atoms with van der Waals surface area (Å²) in [4.78, 5) is 12.1. The number of rotatable bonds is 3. The van der Waals surface area contributed by atoms with Crippen molar-refractivity contribution >= 4 is 16.7 Å². The maximum atomic E-state index is 12.1. The fourth-order valence-electron chi connectivity index (χ4n) is 2.83. The van der Waals surface area contributed by atoms with E-state index in [2.05, 4.69) is 34.9 Å². The van der Waals surface area contributed by atoms with Gasteiger partial charge in [0.25, 0.3) is 0 Å². The van der Waals surface area contributed by atoms with Crippen LogP contribution in [0.2, 0.25) is 0 Å². The third-order valence-corrected chi connectivity index (χ3v) is 3.96. The molecule has 1 fully saturated rings. The molecule has 0 bridgehead atoms. The highest BCUT2D eigenvalue weighted by molar-refractivity contribution is 5.86. The second-order valence-corrected chi connectivity index (χ2v) is 5.36. The van der Waals surface area contributed by atoms with Crippen LogP contribution in [0.3, 0.4) is 0 Å². The van der Waals surface area contributed by atoms with Gasteiger partial charge in [0.2, 0.25) is 5.91 Å². The molecule has 0 radical (unpaired) electrons. The van der Waals surface area contributed by atoms with Gasteiger partial charge in [-0.05, 0) is 35.7 Å². The largest absolute Gasteiger partial charge is 0.351 e. The van der Waals surface area contributed by atoms with E-state index in [9.17, 15) is 4.79 Å². The zero-order valence-electron chi connectivity index (χ0n) is 11.6. The molecular formula is C17H20N2O. The molecule has 1 atom stereocenters. The van der Waals surface area contributed by atoms with Gasteiger partial charge in [0.05, 0.1) is 6.04 Å². The van der Waals surface area contributed by atoms with Crippen molar-refractivity contribution in [2.24, 2.45) is 0 Å². The zero-order chi connectivity index (χ0) is 13.8. The maximum absolute atomic E-state index is 12.1. The molecule has 3 nitrogen and oxygen atoms in total. The Bertz CT molecular complexity index is 597. The van der Waals surface area contributed by atoms with Crippen LogP contribution in [-0.4, -0.2) is 18.5 Å². The van der Waals surface area contributed by atoms with Gasteiger partial charge < -0.3 is 10.6 Å². The van der Waals surface area contributed by atoms with Crippen molar-refractivity contribution in [2.45, 2.75) is 31.8 Å². The highest BCUT2D eigenvalue weighted by Crippen LogP contribution is 2.18. The molecule has 0 spiro atoms. The van der Waals surface area contributed by atoms with Crippen molar-refractivity contribution in [1.29, 1.82) is 0 Å². The molecule has 1 amide bonds. The van der Waals surface area contributed by atoms with E-state index in [4.69, 9.17) is 0 Å². The van der Waals surface area contributed by atoms with Gasteiger partial charge in [0.15, 0.2) is 0 Å². The predicted octanol–water partition coefficient (Wildman–Crippen LogP) is 2.60. The van der Waals surface area contributed by atoms with Gasteiger partial charge in [0.1, 0.15) is 0 Å². The summed E-state index contributed by atoms with van der Waals surface area (Å²) in [5, 5.41) is 8.77. The topological polar surface area (TPSA) is 41.1 Å². The molecule has 1 heterocycles. The Labute approximate surface area is 119 Å². The molecule has 2 N–H and O–H groups in total. The maximum Gasteiger partial charge on any atom is 0.237 e. The quantitative estimate of drug-likeness (QED) is 0.898. The standard InChI is InChI=1S/C17H20N2O/c20-17(16-10-3-4-11-18-16)19-12-14-8-5-7-13-6-1-2-9-15(13)14/h1-2,5-9,16,18H,3-4,10-12H2,(H,19,20). The second-order valence-electron chi connectivity index (χ2n) is 5.36. The van der Waals surface area contributed by atoms with Gasteiger partial charge in [-0.3, -0.25) is 4.79 Å². The molecule has 3 heteroatoms. The number of nitrogens with one attached hydrogen (secondary N) is 2. The van der Waals surface area contributed by atoms with Crippen molar-refractivity contribution in [3.63, 3.8) is 0 Å². The summed E-state index contributed by atoms with van der Waals surface area (Å²) in [7, 11) is 0. The van der Waals surface area contributed by atoms with Crippen LogP contribution in [0.4, 0.5) is 0 Å². The van der Waals surface area contributed by atoms with Gasteiger partial charge in [-0.15, -0.1) is 0 Å². The summed E-state index contributed by atoms with van der Waals surface area (Å²) in [6, 6.07) is 14.5. The van der Waals surface area contributed by atoms with Crippen molar-refractivity contribution in [2.75, 3.05) is 6.54 Å². The summed E-state index contributed by atoms with van der Waals surface area (Å²) in [5.74, 6) is 0.123. The van der Waals surface area contributed by atoms with Crippen molar-refractivity contribution < 1.29 is 4.79 Å². The highest BCUT2D eigenvalue weighted by atomic mass is 16.2. The minimum atomic E-state index is -0.0151. The van der Waals surface area contributed by atoms with Crippen LogP contribution in [0.15, 0.2) is 42.5 Å². The summed E-state index contributed by atoms with van der Waals surface area (Å²) < 4.78 is 0. The van der Waals surface area contributed by atoms with Crippen LogP contribution < -0.4 is 10.6 Å². The smallest absolute Gasteiger partial charge is 0.237 e. The fraction of sp³-hybridized carbons (Fsp3) is 0.353. The molecule has 2 aromatic carbocycles.